The number of ether oxygens (including phenoxy) is 2. The van der Waals surface area contributed by atoms with Crippen LogP contribution in [0.3, 0.4) is 0 Å². The van der Waals surface area contributed by atoms with Gasteiger partial charge < -0.3 is 9.47 Å². The largest absolute Gasteiger partial charge is 0.454 e. The second-order valence-electron chi connectivity index (χ2n) is 3.43. The summed E-state index contributed by atoms with van der Waals surface area (Å²) in [7, 11) is 0. The van der Waals surface area contributed by atoms with Crippen molar-refractivity contribution in [3.63, 3.8) is 0 Å². The molecule has 0 unspecified atom stereocenters. The molecule has 1 heterocycles. The lowest BCUT2D eigenvalue weighted by Crippen LogP contribution is -2.12. The number of alkyl halides is 2. The predicted octanol–water partition coefficient (Wildman–Crippen LogP) is 2.81. The number of nitriles is 1. The molecule has 0 aliphatic carbocycles. The second-order valence-corrected chi connectivity index (χ2v) is 3.43. The highest BCUT2D eigenvalue weighted by Crippen LogP contribution is 2.39. The quantitative estimate of drug-likeness (QED) is 0.794. The second kappa shape index (κ2) is 3.97. The average molecular weight is 225 g/mol. The van der Waals surface area contributed by atoms with Gasteiger partial charge in [-0.2, -0.15) is 5.26 Å². The molecule has 0 radical (unpaired) electrons. The van der Waals surface area contributed by atoms with Crippen molar-refractivity contribution in [2.75, 3.05) is 6.79 Å². The van der Waals surface area contributed by atoms with E-state index in [0.717, 1.165) is 0 Å². The molecule has 3 nitrogen and oxygen atoms in total. The van der Waals surface area contributed by atoms with Gasteiger partial charge in [-0.1, -0.05) is 0 Å². The Morgan fingerprint density at radius 1 is 1.31 bits per heavy atom. The van der Waals surface area contributed by atoms with Gasteiger partial charge in [0.15, 0.2) is 11.5 Å². The van der Waals surface area contributed by atoms with Crippen LogP contribution in [0, 0.1) is 11.3 Å². The van der Waals surface area contributed by atoms with Crippen molar-refractivity contribution >= 4 is 0 Å². The minimum absolute atomic E-state index is 0.0581. The van der Waals surface area contributed by atoms with Gasteiger partial charge in [-0.05, 0) is 18.2 Å². The summed E-state index contributed by atoms with van der Waals surface area (Å²) in [5.74, 6) is -2.20. The van der Waals surface area contributed by atoms with Crippen LogP contribution in [0.1, 0.15) is 18.4 Å². The zero-order valence-electron chi connectivity index (χ0n) is 8.37. The zero-order valence-corrected chi connectivity index (χ0v) is 8.37. The molecule has 0 saturated carbocycles. The topological polar surface area (TPSA) is 42.2 Å². The third kappa shape index (κ3) is 1.91. The van der Waals surface area contributed by atoms with E-state index in [-0.39, 0.29) is 18.8 Å². The Labute approximate surface area is 91.2 Å². The van der Waals surface area contributed by atoms with Crippen molar-refractivity contribution in [2.24, 2.45) is 0 Å². The lowest BCUT2D eigenvalue weighted by molar-refractivity contribution is -0.0121. The summed E-state index contributed by atoms with van der Waals surface area (Å²) in [6.07, 6.45) is -0.662. The molecule has 0 fully saturated rings. The molecule has 0 amide bonds. The minimum Gasteiger partial charge on any atom is -0.454 e. The first-order valence-electron chi connectivity index (χ1n) is 4.78. The Morgan fingerprint density at radius 3 is 2.81 bits per heavy atom. The maximum atomic E-state index is 13.6. The molecule has 1 aliphatic heterocycles. The van der Waals surface area contributed by atoms with E-state index in [0.29, 0.717) is 11.5 Å². The van der Waals surface area contributed by atoms with Crippen LogP contribution in [0.25, 0.3) is 0 Å². The Kier molecular flexibility index (Phi) is 2.65. The first-order chi connectivity index (χ1) is 7.63. The SMILES string of the molecule is N#CCCC(F)(F)c1ccc2c(c1)OCO2. The lowest BCUT2D eigenvalue weighted by Gasteiger charge is -2.15. The summed E-state index contributed by atoms with van der Waals surface area (Å²) in [4.78, 5) is 0. The Bertz CT molecular complexity index is 440. The van der Waals surface area contributed by atoms with Gasteiger partial charge >= 0.3 is 0 Å². The summed E-state index contributed by atoms with van der Waals surface area (Å²) in [6.45, 7) is 0.0581. The van der Waals surface area contributed by atoms with Gasteiger partial charge in [0.25, 0.3) is 5.92 Å². The van der Waals surface area contributed by atoms with E-state index in [2.05, 4.69) is 0 Å². The van der Waals surface area contributed by atoms with Gasteiger partial charge in [0.05, 0.1) is 6.07 Å². The third-order valence-electron chi connectivity index (χ3n) is 2.35. The van der Waals surface area contributed by atoms with E-state index >= 15 is 0 Å². The lowest BCUT2D eigenvalue weighted by atomic mass is 10.0. The van der Waals surface area contributed by atoms with Gasteiger partial charge in [-0.25, -0.2) is 8.78 Å². The van der Waals surface area contributed by atoms with Crippen LogP contribution in [0.4, 0.5) is 8.78 Å². The molecule has 1 aliphatic rings. The van der Waals surface area contributed by atoms with Gasteiger partial charge in [0.1, 0.15) is 0 Å². The van der Waals surface area contributed by atoms with Crippen molar-refractivity contribution < 1.29 is 18.3 Å². The van der Waals surface area contributed by atoms with E-state index in [1.807, 2.05) is 0 Å². The molecular weight excluding hydrogens is 216 g/mol. The van der Waals surface area contributed by atoms with E-state index in [9.17, 15) is 8.78 Å². The van der Waals surface area contributed by atoms with Gasteiger partial charge in [0, 0.05) is 18.4 Å². The number of fused-ring (bicyclic) bond motifs is 1. The molecule has 2 rings (SSSR count). The number of benzene rings is 1. The van der Waals surface area contributed by atoms with E-state index in [1.165, 1.54) is 18.2 Å². The predicted molar refractivity (Wildman–Crippen MR) is 51.3 cm³/mol. The van der Waals surface area contributed by atoms with Crippen LogP contribution in [-0.4, -0.2) is 6.79 Å². The van der Waals surface area contributed by atoms with Gasteiger partial charge in [-0.3, -0.25) is 0 Å². The van der Waals surface area contributed by atoms with Crippen LogP contribution in [-0.2, 0) is 5.92 Å². The molecule has 1 aromatic carbocycles. The molecule has 0 aromatic heterocycles. The first kappa shape index (κ1) is 10.7. The summed E-state index contributed by atoms with van der Waals surface area (Å²) in [6, 6.07) is 5.73. The Balaban J connectivity index is 2.24. The Morgan fingerprint density at radius 2 is 2.06 bits per heavy atom. The monoisotopic (exact) mass is 225 g/mol. The highest BCUT2D eigenvalue weighted by Gasteiger charge is 2.32. The maximum Gasteiger partial charge on any atom is 0.274 e. The van der Waals surface area contributed by atoms with Gasteiger partial charge in [-0.15, -0.1) is 0 Å². The van der Waals surface area contributed by atoms with Crippen LogP contribution in [0.2, 0.25) is 0 Å². The smallest absolute Gasteiger partial charge is 0.274 e. The summed E-state index contributed by atoms with van der Waals surface area (Å²) in [5.41, 5.74) is -0.146. The molecule has 0 atom stereocenters. The molecule has 0 N–H and O–H groups in total. The van der Waals surface area contributed by atoms with Crippen LogP contribution in [0.5, 0.6) is 11.5 Å². The molecule has 0 bridgehead atoms. The highest BCUT2D eigenvalue weighted by atomic mass is 19.3. The van der Waals surface area contributed by atoms with Crippen LogP contribution < -0.4 is 9.47 Å². The van der Waals surface area contributed by atoms with Crippen molar-refractivity contribution in [2.45, 2.75) is 18.8 Å². The number of hydrogen-bond acceptors (Lipinski definition) is 3. The standard InChI is InChI=1S/C11H9F2NO2/c12-11(13,4-1-5-14)8-2-3-9-10(6-8)16-7-15-9/h2-3,6H,1,4,7H2. The fourth-order valence-corrected chi connectivity index (χ4v) is 1.48. The average Bonchev–Trinajstić information content (AvgIpc) is 2.73. The molecule has 0 saturated heterocycles. The number of halogens is 2. The van der Waals surface area contributed by atoms with E-state index in [4.69, 9.17) is 14.7 Å². The zero-order chi connectivity index (χ0) is 11.6. The van der Waals surface area contributed by atoms with E-state index in [1.54, 1.807) is 6.07 Å². The minimum atomic E-state index is -3.00. The maximum absolute atomic E-state index is 13.6. The highest BCUT2D eigenvalue weighted by molar-refractivity contribution is 5.45. The van der Waals surface area contributed by atoms with Crippen LogP contribution >= 0.6 is 0 Å². The molecule has 0 spiro atoms. The molecule has 16 heavy (non-hydrogen) atoms. The van der Waals surface area contributed by atoms with Crippen molar-refractivity contribution in [1.29, 1.82) is 5.26 Å². The summed E-state index contributed by atoms with van der Waals surface area (Å²) < 4.78 is 37.2. The fraction of sp³-hybridized carbons (Fsp3) is 0.364. The summed E-state index contributed by atoms with van der Waals surface area (Å²) >= 11 is 0. The van der Waals surface area contributed by atoms with Gasteiger partial charge in [0.2, 0.25) is 6.79 Å². The van der Waals surface area contributed by atoms with Crippen LogP contribution in [0.15, 0.2) is 18.2 Å². The normalized spacial score (nSPS) is 13.6. The Hall–Kier alpha value is -1.83. The number of rotatable bonds is 3. The molecular formula is C11H9F2NO2. The molecule has 1 aromatic rings. The van der Waals surface area contributed by atoms with Crippen molar-refractivity contribution in [3.8, 4) is 17.6 Å². The molecule has 5 heteroatoms. The number of hydrogen-bond donors (Lipinski definition) is 0. The first-order valence-corrected chi connectivity index (χ1v) is 4.78. The number of nitrogens with zero attached hydrogens (tertiary/aromatic N) is 1. The van der Waals surface area contributed by atoms with Crippen molar-refractivity contribution in [3.05, 3.63) is 23.8 Å². The van der Waals surface area contributed by atoms with E-state index < -0.39 is 12.3 Å². The van der Waals surface area contributed by atoms with Crippen molar-refractivity contribution in [1.82, 2.24) is 0 Å². The third-order valence-corrected chi connectivity index (χ3v) is 2.35. The summed E-state index contributed by atoms with van der Waals surface area (Å²) in [5, 5.41) is 8.30. The molecule has 84 valence electrons. The fourth-order valence-electron chi connectivity index (χ4n) is 1.48.